The van der Waals surface area contributed by atoms with Gasteiger partial charge in [-0.1, -0.05) is 91.0 Å². The van der Waals surface area contributed by atoms with Crippen LogP contribution in [0.2, 0.25) is 0 Å². The molecule has 4 aromatic rings. The molecule has 3 aliphatic rings. The number of carbonyl (C=O) groups is 2. The molecule has 0 radical (unpaired) electrons. The van der Waals surface area contributed by atoms with Crippen molar-refractivity contribution >= 4 is 34.0 Å². The highest BCUT2D eigenvalue weighted by Gasteiger charge is 2.62. The molecule has 2 bridgehead atoms. The molecule has 1 aromatic heterocycles. The largest absolute Gasteiger partial charge is 0.274 e. The fourth-order valence-electron chi connectivity index (χ4n) is 6.31. The van der Waals surface area contributed by atoms with E-state index in [9.17, 15) is 9.59 Å². The van der Waals surface area contributed by atoms with Crippen LogP contribution < -0.4 is 4.90 Å². The van der Waals surface area contributed by atoms with Gasteiger partial charge in [-0.3, -0.25) is 14.6 Å². The van der Waals surface area contributed by atoms with Gasteiger partial charge in [0.15, 0.2) is 0 Å². The fourth-order valence-corrected chi connectivity index (χ4v) is 6.31. The van der Waals surface area contributed by atoms with Gasteiger partial charge in [-0.2, -0.15) is 0 Å². The van der Waals surface area contributed by atoms with E-state index in [4.69, 9.17) is 0 Å². The topological polar surface area (TPSA) is 50.3 Å². The minimum atomic E-state index is -0.381. The number of benzene rings is 3. The molecule has 4 atom stereocenters. The van der Waals surface area contributed by atoms with E-state index in [1.807, 2.05) is 66.7 Å². The smallest absolute Gasteiger partial charge is 0.238 e. The van der Waals surface area contributed by atoms with Crippen LogP contribution >= 0.6 is 0 Å². The maximum Gasteiger partial charge on any atom is 0.238 e. The van der Waals surface area contributed by atoms with E-state index in [-0.39, 0.29) is 35.5 Å². The van der Waals surface area contributed by atoms with E-state index in [1.165, 1.54) is 10.5 Å². The van der Waals surface area contributed by atoms with Crippen molar-refractivity contribution < 1.29 is 9.59 Å². The summed E-state index contributed by atoms with van der Waals surface area (Å²) in [6.45, 7) is 0. The molecule has 2 fully saturated rings. The second-order valence-corrected chi connectivity index (χ2v) is 9.41. The zero-order valence-corrected chi connectivity index (χ0v) is 18.9. The van der Waals surface area contributed by atoms with Crippen LogP contribution in [-0.4, -0.2) is 16.8 Å². The predicted molar refractivity (Wildman–Crippen MR) is 136 cm³/mol. The average molecular weight is 455 g/mol. The number of hydrogen-bond donors (Lipinski definition) is 0. The molecule has 4 nitrogen and oxygen atoms in total. The van der Waals surface area contributed by atoms with Crippen LogP contribution in [0.15, 0.2) is 115 Å². The Labute approximate surface area is 203 Å². The Morgan fingerprint density at radius 2 is 1.23 bits per heavy atom. The summed E-state index contributed by atoms with van der Waals surface area (Å²) in [6, 6.07) is 30.1. The van der Waals surface area contributed by atoms with Gasteiger partial charge in [0.1, 0.15) is 0 Å². The van der Waals surface area contributed by atoms with Gasteiger partial charge in [0, 0.05) is 23.4 Å². The number of allylic oxidation sites excluding steroid dienone is 3. The number of anilines is 1. The summed E-state index contributed by atoms with van der Waals surface area (Å²) in [5.74, 6) is -1.18. The second kappa shape index (κ2) is 7.60. The molecule has 2 heterocycles. The number of imide groups is 1. The summed E-state index contributed by atoms with van der Waals surface area (Å²) < 4.78 is 0. The SMILES string of the molecule is O=C1[C@@H]2[C@@H](C(=O)N1c1cccc3cccnc13)[C@H]1C=C[C@@H]2C1=C(c1ccccc1)c1ccccc1. The molecule has 168 valence electrons. The predicted octanol–water partition coefficient (Wildman–Crippen LogP) is 5.66. The molecule has 7 rings (SSSR count). The first-order valence-corrected chi connectivity index (χ1v) is 12.0. The number of carbonyl (C=O) groups excluding carboxylic acids is 2. The van der Waals surface area contributed by atoms with Crippen molar-refractivity contribution in [1.82, 2.24) is 4.98 Å². The normalized spacial score (nSPS) is 24.5. The third-order valence-corrected chi connectivity index (χ3v) is 7.68. The monoisotopic (exact) mass is 454 g/mol. The van der Waals surface area contributed by atoms with Crippen LogP contribution in [0, 0.1) is 23.7 Å². The molecule has 3 aromatic carbocycles. The Hall–Kier alpha value is -4.31. The first-order chi connectivity index (χ1) is 17.2. The second-order valence-electron chi connectivity index (χ2n) is 9.41. The van der Waals surface area contributed by atoms with Gasteiger partial charge in [-0.25, -0.2) is 4.90 Å². The molecule has 2 aliphatic carbocycles. The summed E-state index contributed by atoms with van der Waals surface area (Å²) in [6.07, 6.45) is 5.99. The average Bonchev–Trinajstić information content (AvgIpc) is 3.54. The zero-order valence-electron chi connectivity index (χ0n) is 18.9. The van der Waals surface area contributed by atoms with Crippen molar-refractivity contribution in [1.29, 1.82) is 0 Å². The number of amides is 2. The summed E-state index contributed by atoms with van der Waals surface area (Å²) in [5, 5.41) is 0.916. The first-order valence-electron chi connectivity index (χ1n) is 12.0. The Morgan fingerprint density at radius 3 is 1.83 bits per heavy atom. The van der Waals surface area contributed by atoms with Crippen LogP contribution in [-0.2, 0) is 9.59 Å². The fraction of sp³-hybridized carbons (Fsp3) is 0.129. The van der Waals surface area contributed by atoms with Crippen LogP contribution in [0.3, 0.4) is 0 Å². The Bertz CT molecular complexity index is 1470. The summed E-state index contributed by atoms with van der Waals surface area (Å²) in [5.41, 5.74) is 5.82. The van der Waals surface area contributed by atoms with Gasteiger partial charge in [-0.15, -0.1) is 0 Å². The van der Waals surface area contributed by atoms with Crippen molar-refractivity contribution in [3.63, 3.8) is 0 Å². The van der Waals surface area contributed by atoms with Crippen LogP contribution in [0.4, 0.5) is 5.69 Å². The molecule has 4 heteroatoms. The van der Waals surface area contributed by atoms with E-state index in [1.54, 1.807) is 6.20 Å². The molecule has 1 saturated heterocycles. The third kappa shape index (κ3) is 2.83. The number of aromatic nitrogens is 1. The van der Waals surface area contributed by atoms with E-state index in [0.29, 0.717) is 11.2 Å². The standard InChI is InChI=1S/C31H22N2O2/c34-30-27-22-16-17-23(26(22)25(19-9-3-1-4-10-19)20-11-5-2-6-12-20)28(27)31(35)33(30)24-15-7-13-21-14-8-18-32-29(21)24/h1-18,22-23,27-28H/t22-,23+,27-,28-/m0/s1. The summed E-state index contributed by atoms with van der Waals surface area (Å²) in [7, 11) is 0. The summed E-state index contributed by atoms with van der Waals surface area (Å²) in [4.78, 5) is 33.7. The van der Waals surface area contributed by atoms with Gasteiger partial charge >= 0.3 is 0 Å². The van der Waals surface area contributed by atoms with Gasteiger partial charge in [-0.05, 0) is 34.4 Å². The molecule has 0 N–H and O–H groups in total. The lowest BCUT2D eigenvalue weighted by atomic mass is 9.85. The number of pyridine rings is 1. The highest BCUT2D eigenvalue weighted by atomic mass is 16.2. The van der Waals surface area contributed by atoms with Crippen LogP contribution in [0.1, 0.15) is 11.1 Å². The Kier molecular flexibility index (Phi) is 4.37. The quantitative estimate of drug-likeness (QED) is 0.297. The molecule has 35 heavy (non-hydrogen) atoms. The highest BCUT2D eigenvalue weighted by Crippen LogP contribution is 2.59. The molecule has 0 unspecified atom stereocenters. The van der Waals surface area contributed by atoms with Crippen molar-refractivity contribution in [2.75, 3.05) is 4.90 Å². The van der Waals surface area contributed by atoms with Crippen molar-refractivity contribution in [3.05, 3.63) is 126 Å². The maximum atomic E-state index is 13.9. The zero-order chi connectivity index (χ0) is 23.5. The van der Waals surface area contributed by atoms with E-state index in [2.05, 4.69) is 41.4 Å². The lowest BCUT2D eigenvalue weighted by molar-refractivity contribution is -0.122. The van der Waals surface area contributed by atoms with E-state index >= 15 is 0 Å². The van der Waals surface area contributed by atoms with Crippen LogP contribution in [0.25, 0.3) is 16.5 Å². The third-order valence-electron chi connectivity index (χ3n) is 7.68. The number of para-hydroxylation sites is 1. The van der Waals surface area contributed by atoms with Crippen LogP contribution in [0.5, 0.6) is 0 Å². The number of nitrogens with zero attached hydrogens (tertiary/aromatic N) is 2. The molecular formula is C31H22N2O2. The van der Waals surface area contributed by atoms with Crippen molar-refractivity contribution in [2.45, 2.75) is 0 Å². The van der Waals surface area contributed by atoms with Crippen molar-refractivity contribution in [2.24, 2.45) is 23.7 Å². The number of rotatable bonds is 3. The first kappa shape index (κ1) is 20.1. The molecule has 0 spiro atoms. The van der Waals surface area contributed by atoms with Gasteiger partial charge in [0.05, 0.1) is 23.0 Å². The van der Waals surface area contributed by atoms with Gasteiger partial charge < -0.3 is 0 Å². The molecule has 2 amide bonds. The molecule has 1 saturated carbocycles. The highest BCUT2D eigenvalue weighted by molar-refractivity contribution is 6.25. The minimum Gasteiger partial charge on any atom is -0.274 e. The summed E-state index contributed by atoms with van der Waals surface area (Å²) >= 11 is 0. The van der Waals surface area contributed by atoms with Gasteiger partial charge in [0.25, 0.3) is 0 Å². The maximum absolute atomic E-state index is 13.9. The lowest BCUT2D eigenvalue weighted by Crippen LogP contribution is -2.33. The van der Waals surface area contributed by atoms with E-state index in [0.717, 1.165) is 22.1 Å². The number of hydrogen-bond acceptors (Lipinski definition) is 3. The van der Waals surface area contributed by atoms with Crippen molar-refractivity contribution in [3.8, 4) is 0 Å². The minimum absolute atomic E-state index is 0.0928. The van der Waals surface area contributed by atoms with E-state index < -0.39 is 0 Å². The lowest BCUT2D eigenvalue weighted by Gasteiger charge is -2.22. The van der Waals surface area contributed by atoms with Gasteiger partial charge in [0.2, 0.25) is 11.8 Å². The number of fused-ring (bicyclic) bond motifs is 6. The molecular weight excluding hydrogens is 432 g/mol. The molecule has 1 aliphatic heterocycles. The Morgan fingerprint density at radius 1 is 0.657 bits per heavy atom. The Balaban J connectivity index is 1.38.